The molecule has 274 valence electrons. The molecule has 57 heavy (non-hydrogen) atoms. The number of hydrogen-bond acceptors (Lipinski definition) is 3. The Hall–Kier alpha value is -7.08. The number of para-hydroxylation sites is 4. The first-order valence-corrected chi connectivity index (χ1v) is 19.8. The fraction of sp³-hybridized carbons (Fsp3) is 0.0769. The number of fused-ring (bicyclic) bond motifs is 6. The topological polar surface area (TPSA) is 46.0 Å². The van der Waals surface area contributed by atoms with Crippen molar-refractivity contribution in [1.82, 2.24) is 25.1 Å². The van der Waals surface area contributed by atoms with Crippen molar-refractivity contribution in [2.75, 3.05) is 6.54 Å². The molecule has 0 saturated heterocycles. The molecule has 5 nitrogen and oxygen atoms in total. The predicted molar refractivity (Wildman–Crippen MR) is 237 cm³/mol. The van der Waals surface area contributed by atoms with Gasteiger partial charge in [0.15, 0.2) is 0 Å². The van der Waals surface area contributed by atoms with Gasteiger partial charge in [-0.25, -0.2) is 0 Å². The zero-order chi connectivity index (χ0) is 37.9. The summed E-state index contributed by atoms with van der Waals surface area (Å²) in [6.45, 7) is 3.06. The van der Waals surface area contributed by atoms with Crippen molar-refractivity contribution in [2.24, 2.45) is 0 Å². The molecule has 2 unspecified atom stereocenters. The highest BCUT2D eigenvalue weighted by Crippen LogP contribution is 2.39. The Morgan fingerprint density at radius 2 is 1.00 bits per heavy atom. The number of rotatable bonds is 6. The van der Waals surface area contributed by atoms with E-state index < -0.39 is 0 Å². The lowest BCUT2D eigenvalue weighted by Gasteiger charge is -2.33. The van der Waals surface area contributed by atoms with Crippen LogP contribution in [-0.2, 0) is 0 Å². The summed E-state index contributed by atoms with van der Waals surface area (Å²) in [5, 5.41) is 16.3. The molecule has 2 aliphatic rings. The predicted octanol–water partition coefficient (Wildman–Crippen LogP) is 11.7. The van der Waals surface area contributed by atoms with Crippen LogP contribution in [0.2, 0.25) is 0 Å². The summed E-state index contributed by atoms with van der Waals surface area (Å²) in [6, 6.07) is 61.8. The van der Waals surface area contributed by atoms with Crippen molar-refractivity contribution < 1.29 is 0 Å². The third kappa shape index (κ3) is 5.66. The van der Waals surface area contributed by atoms with Gasteiger partial charge in [-0.15, -0.1) is 0 Å². The van der Waals surface area contributed by atoms with Gasteiger partial charge in [0.1, 0.15) is 6.17 Å². The summed E-state index contributed by atoms with van der Waals surface area (Å²) in [5.41, 5.74) is 15.4. The molecule has 0 fully saturated rings. The molecule has 0 aliphatic carbocycles. The van der Waals surface area contributed by atoms with Gasteiger partial charge in [0.25, 0.3) is 0 Å². The molecule has 0 radical (unpaired) electrons. The molecule has 7 aromatic carbocycles. The van der Waals surface area contributed by atoms with Crippen LogP contribution in [0.25, 0.3) is 66.3 Å². The van der Waals surface area contributed by atoms with Crippen molar-refractivity contribution in [3.63, 3.8) is 0 Å². The van der Waals surface area contributed by atoms with Gasteiger partial charge in [-0.2, -0.15) is 0 Å². The van der Waals surface area contributed by atoms with Gasteiger partial charge in [-0.1, -0.05) is 133 Å². The van der Waals surface area contributed by atoms with Crippen molar-refractivity contribution in [3.05, 3.63) is 216 Å². The largest absolute Gasteiger partial charge is 0.387 e. The highest BCUT2D eigenvalue weighted by atomic mass is 15.2. The zero-order valence-corrected chi connectivity index (χ0v) is 31.7. The van der Waals surface area contributed by atoms with Gasteiger partial charge in [0, 0.05) is 51.4 Å². The monoisotopic (exact) mass is 735 g/mol. The zero-order valence-electron chi connectivity index (χ0n) is 31.7. The first kappa shape index (κ1) is 33.3. The lowest BCUT2D eigenvalue weighted by molar-refractivity contribution is 0.442. The minimum Gasteiger partial charge on any atom is -0.387 e. The minimum atomic E-state index is -0.111. The molecule has 3 N–H and O–H groups in total. The maximum absolute atomic E-state index is 4.02. The van der Waals surface area contributed by atoms with E-state index in [-0.39, 0.29) is 12.2 Å². The Bertz CT molecular complexity index is 2850. The van der Waals surface area contributed by atoms with Crippen molar-refractivity contribution in [2.45, 2.75) is 19.1 Å². The van der Waals surface area contributed by atoms with Crippen molar-refractivity contribution in [1.29, 1.82) is 0 Å². The maximum atomic E-state index is 4.02. The van der Waals surface area contributed by atoms with E-state index in [9.17, 15) is 0 Å². The van der Waals surface area contributed by atoms with Crippen LogP contribution in [0.1, 0.15) is 41.4 Å². The Kier molecular flexibility index (Phi) is 7.93. The molecule has 9 aromatic rings. The van der Waals surface area contributed by atoms with Crippen LogP contribution >= 0.6 is 0 Å². The summed E-state index contributed by atoms with van der Waals surface area (Å²) < 4.78 is 4.88. The fourth-order valence-electron chi connectivity index (χ4n) is 9.03. The van der Waals surface area contributed by atoms with E-state index in [0.29, 0.717) is 0 Å². The lowest BCUT2D eigenvalue weighted by Crippen LogP contribution is -2.39. The number of hydrogen-bond donors (Lipinski definition) is 3. The summed E-state index contributed by atoms with van der Waals surface area (Å²) in [4.78, 5) is 0. The number of benzene rings is 7. The van der Waals surface area contributed by atoms with Crippen molar-refractivity contribution >= 4 is 54.9 Å². The number of nitrogens with one attached hydrogen (secondary N) is 3. The third-order valence-electron chi connectivity index (χ3n) is 11.8. The van der Waals surface area contributed by atoms with E-state index in [1.165, 1.54) is 71.4 Å². The Labute approximate surface area is 331 Å². The van der Waals surface area contributed by atoms with Crippen LogP contribution in [-0.4, -0.2) is 15.7 Å². The molecular formula is C52H41N5. The molecular weight excluding hydrogens is 695 g/mol. The van der Waals surface area contributed by atoms with Crippen LogP contribution in [0.3, 0.4) is 0 Å². The van der Waals surface area contributed by atoms with E-state index in [1.807, 2.05) is 0 Å². The average molecular weight is 736 g/mol. The average Bonchev–Trinajstić information content (AvgIpc) is 3.80. The first-order valence-electron chi connectivity index (χ1n) is 19.8. The van der Waals surface area contributed by atoms with Gasteiger partial charge < -0.3 is 19.8 Å². The Morgan fingerprint density at radius 1 is 0.509 bits per heavy atom. The minimum absolute atomic E-state index is 0.110. The van der Waals surface area contributed by atoms with Crippen LogP contribution in [0.15, 0.2) is 194 Å². The Balaban J connectivity index is 1.13. The molecule has 2 aliphatic heterocycles. The SMILES string of the molecule is CC1=CCNC=C1c1ccc(C2=CC(c3cc(-n4c5ccccc5c5ccccc54)cc(-n4c5ccccc5c5ccccc54)c3)NC(c3ccccc3)N2)cc1. The maximum Gasteiger partial charge on any atom is 0.104 e. The summed E-state index contributed by atoms with van der Waals surface area (Å²) in [5.74, 6) is 0. The number of dihydropyridines is 1. The van der Waals surface area contributed by atoms with E-state index in [4.69, 9.17) is 0 Å². The van der Waals surface area contributed by atoms with Gasteiger partial charge in [0.2, 0.25) is 0 Å². The van der Waals surface area contributed by atoms with E-state index in [2.05, 4.69) is 220 Å². The normalized spacial score (nSPS) is 17.0. The number of allylic oxidation sites excluding steroid dienone is 2. The second-order valence-electron chi connectivity index (χ2n) is 15.2. The summed E-state index contributed by atoms with van der Waals surface area (Å²) in [6.07, 6.45) is 6.63. The molecule has 5 heteroatoms. The van der Waals surface area contributed by atoms with Crippen LogP contribution < -0.4 is 16.0 Å². The molecule has 0 saturated carbocycles. The van der Waals surface area contributed by atoms with Crippen LogP contribution in [0.5, 0.6) is 0 Å². The molecule has 0 spiro atoms. The van der Waals surface area contributed by atoms with Crippen LogP contribution in [0.4, 0.5) is 0 Å². The van der Waals surface area contributed by atoms with E-state index >= 15 is 0 Å². The van der Waals surface area contributed by atoms with Gasteiger partial charge in [0.05, 0.1) is 28.1 Å². The third-order valence-corrected chi connectivity index (χ3v) is 11.8. The molecule has 2 aromatic heterocycles. The van der Waals surface area contributed by atoms with Gasteiger partial charge >= 0.3 is 0 Å². The summed E-state index contributed by atoms with van der Waals surface area (Å²) >= 11 is 0. The fourth-order valence-corrected chi connectivity index (χ4v) is 9.03. The van der Waals surface area contributed by atoms with E-state index in [0.717, 1.165) is 29.2 Å². The molecule has 4 heterocycles. The highest BCUT2D eigenvalue weighted by molar-refractivity contribution is 6.10. The molecule has 2 atom stereocenters. The number of nitrogens with zero attached hydrogens (tertiary/aromatic N) is 2. The Morgan fingerprint density at radius 3 is 1.53 bits per heavy atom. The van der Waals surface area contributed by atoms with Crippen molar-refractivity contribution in [3.8, 4) is 11.4 Å². The quantitative estimate of drug-likeness (QED) is 0.159. The highest BCUT2D eigenvalue weighted by Gasteiger charge is 2.26. The molecule has 0 bridgehead atoms. The second-order valence-corrected chi connectivity index (χ2v) is 15.2. The van der Waals surface area contributed by atoms with Gasteiger partial charge in [-0.05, 0) is 88.9 Å². The molecule has 11 rings (SSSR count). The first-order chi connectivity index (χ1) is 28.2. The molecule has 0 amide bonds. The van der Waals surface area contributed by atoms with Gasteiger partial charge in [-0.3, -0.25) is 5.32 Å². The number of aromatic nitrogens is 2. The standard InChI is InChI=1S/C52H41N5/c1-34-27-28-53-33-45(34)35-23-25-36(26-24-35)46-32-47(55-52(54-46)37-13-3-2-4-14-37)38-29-39(56-48-19-9-5-15-41(48)42-16-6-10-20-49(42)56)31-40(30-38)57-50-21-11-7-17-43(50)44-18-8-12-22-51(44)57/h2-27,29-33,47,52-55H,28H2,1H3. The summed E-state index contributed by atoms with van der Waals surface area (Å²) in [7, 11) is 0. The lowest BCUT2D eigenvalue weighted by atomic mass is 9.94. The second kappa shape index (κ2) is 13.6. The smallest absolute Gasteiger partial charge is 0.104 e. The van der Waals surface area contributed by atoms with Crippen LogP contribution in [0, 0.1) is 0 Å². The van der Waals surface area contributed by atoms with E-state index in [1.54, 1.807) is 0 Å².